The molecule has 0 spiro atoms. The second-order valence-corrected chi connectivity index (χ2v) is 6.58. The first-order valence-corrected chi connectivity index (χ1v) is 8.75. The molecule has 28 heavy (non-hydrogen) atoms. The topological polar surface area (TPSA) is 104 Å². The summed E-state index contributed by atoms with van der Waals surface area (Å²) in [4.78, 5) is 38.9. The number of nitro benzene ring substituents is 1. The first-order valence-electron chi connectivity index (χ1n) is 7.93. The van der Waals surface area contributed by atoms with Crippen molar-refractivity contribution in [2.45, 2.75) is 6.54 Å². The van der Waals surface area contributed by atoms with E-state index in [1.165, 1.54) is 42.7 Å². The Kier molecular flexibility index (Phi) is 5.33. The fourth-order valence-electron chi connectivity index (χ4n) is 2.52. The maximum atomic E-state index is 12.5. The molecule has 0 N–H and O–H groups in total. The maximum absolute atomic E-state index is 12.5. The molecule has 140 valence electrons. The van der Waals surface area contributed by atoms with Gasteiger partial charge in [0.25, 0.3) is 11.6 Å². The summed E-state index contributed by atoms with van der Waals surface area (Å²) >= 11 is 1.20. The molecule has 9 heteroatoms. The number of terminal acetylenes is 1. The second-order valence-electron chi connectivity index (χ2n) is 5.57. The van der Waals surface area contributed by atoms with Gasteiger partial charge in [-0.15, -0.1) is 6.42 Å². The predicted molar refractivity (Wildman–Crippen MR) is 103 cm³/mol. The van der Waals surface area contributed by atoms with Gasteiger partial charge >= 0.3 is 5.97 Å². The number of methoxy groups -OCH3 is 1. The molecule has 0 atom stereocenters. The van der Waals surface area contributed by atoms with Crippen molar-refractivity contribution in [3.8, 4) is 12.3 Å². The number of benzene rings is 2. The van der Waals surface area contributed by atoms with Crippen molar-refractivity contribution in [3.63, 3.8) is 0 Å². The fourth-order valence-corrected chi connectivity index (χ4v) is 3.59. The van der Waals surface area contributed by atoms with Crippen molar-refractivity contribution in [1.82, 2.24) is 4.57 Å². The number of aromatic nitrogens is 1. The highest BCUT2D eigenvalue weighted by Gasteiger charge is 2.13. The molecule has 0 saturated heterocycles. The molecule has 8 nitrogen and oxygen atoms in total. The molecule has 1 aromatic heterocycles. The largest absolute Gasteiger partial charge is 0.465 e. The van der Waals surface area contributed by atoms with Crippen LogP contribution in [0.5, 0.6) is 0 Å². The minimum absolute atomic E-state index is 0.115. The molecule has 3 rings (SSSR count). The number of carbonyl (C=O) groups excluding carboxylic acids is 2. The van der Waals surface area contributed by atoms with Gasteiger partial charge in [-0.3, -0.25) is 14.9 Å². The van der Waals surface area contributed by atoms with E-state index in [0.29, 0.717) is 15.1 Å². The third-order valence-corrected chi connectivity index (χ3v) is 4.92. The summed E-state index contributed by atoms with van der Waals surface area (Å²) < 4.78 is 7.12. The molecule has 0 radical (unpaired) electrons. The average molecular weight is 395 g/mol. The van der Waals surface area contributed by atoms with Gasteiger partial charge in [0.1, 0.15) is 0 Å². The van der Waals surface area contributed by atoms with Crippen LogP contribution in [-0.4, -0.2) is 28.5 Å². The van der Waals surface area contributed by atoms with Gasteiger partial charge in [-0.05, 0) is 30.3 Å². The van der Waals surface area contributed by atoms with E-state index in [-0.39, 0.29) is 17.8 Å². The minimum atomic E-state index is -0.555. The third kappa shape index (κ3) is 3.67. The van der Waals surface area contributed by atoms with Gasteiger partial charge in [0.15, 0.2) is 4.80 Å². The highest BCUT2D eigenvalue weighted by Crippen LogP contribution is 2.20. The van der Waals surface area contributed by atoms with Crippen LogP contribution in [-0.2, 0) is 11.3 Å². The molecular formula is C19H13N3O5S. The van der Waals surface area contributed by atoms with E-state index < -0.39 is 16.8 Å². The van der Waals surface area contributed by atoms with Gasteiger partial charge in [-0.2, -0.15) is 4.99 Å². The molecule has 2 aromatic carbocycles. The molecule has 0 fully saturated rings. The van der Waals surface area contributed by atoms with Gasteiger partial charge in [0.05, 0.1) is 34.4 Å². The monoisotopic (exact) mass is 395 g/mol. The lowest BCUT2D eigenvalue weighted by atomic mass is 10.2. The lowest BCUT2D eigenvalue weighted by Gasteiger charge is -2.01. The molecule has 1 heterocycles. The van der Waals surface area contributed by atoms with Gasteiger partial charge < -0.3 is 9.30 Å². The first kappa shape index (κ1) is 19.0. The normalized spacial score (nSPS) is 11.2. The zero-order valence-electron chi connectivity index (χ0n) is 14.6. The van der Waals surface area contributed by atoms with Crippen LogP contribution in [0.4, 0.5) is 5.69 Å². The molecule has 0 saturated carbocycles. The Morgan fingerprint density at radius 2 is 1.93 bits per heavy atom. The summed E-state index contributed by atoms with van der Waals surface area (Å²) in [5, 5.41) is 10.7. The summed E-state index contributed by atoms with van der Waals surface area (Å²) in [6.07, 6.45) is 5.44. The third-order valence-electron chi connectivity index (χ3n) is 3.88. The number of hydrogen-bond acceptors (Lipinski definition) is 6. The van der Waals surface area contributed by atoms with Crippen molar-refractivity contribution < 1.29 is 19.2 Å². The number of non-ortho nitro benzene ring substituents is 1. The fraction of sp³-hybridized carbons (Fsp3) is 0.105. The highest BCUT2D eigenvalue weighted by atomic mass is 32.1. The summed E-state index contributed by atoms with van der Waals surface area (Å²) in [6, 6.07) is 10.1. The Bertz CT molecular complexity index is 1200. The standard InChI is InChI=1S/C19H13N3O5S/c1-3-10-21-15-9-6-13(18(24)27-2)11-16(15)28-19(21)20-17(23)12-4-7-14(8-5-12)22(25)26/h1,4-9,11H,10H2,2H3. The zero-order chi connectivity index (χ0) is 20.3. The van der Waals surface area contributed by atoms with Crippen LogP contribution in [0.1, 0.15) is 20.7 Å². The molecular weight excluding hydrogens is 382 g/mol. The Labute approximate surface area is 162 Å². The van der Waals surface area contributed by atoms with Crippen LogP contribution < -0.4 is 4.80 Å². The van der Waals surface area contributed by atoms with Crippen LogP contribution in [0.2, 0.25) is 0 Å². The van der Waals surface area contributed by atoms with E-state index in [0.717, 1.165) is 5.52 Å². The number of nitrogens with zero attached hydrogens (tertiary/aromatic N) is 3. The van der Waals surface area contributed by atoms with E-state index in [1.807, 2.05) is 0 Å². The van der Waals surface area contributed by atoms with Crippen LogP contribution in [0.3, 0.4) is 0 Å². The first-order chi connectivity index (χ1) is 13.4. The number of fused-ring (bicyclic) bond motifs is 1. The number of nitro groups is 1. The van der Waals surface area contributed by atoms with Crippen molar-refractivity contribution >= 4 is 39.1 Å². The minimum Gasteiger partial charge on any atom is -0.465 e. The second kappa shape index (κ2) is 7.85. The highest BCUT2D eigenvalue weighted by molar-refractivity contribution is 7.16. The SMILES string of the molecule is C#CCn1c(=NC(=O)c2ccc([N+](=O)[O-])cc2)sc2cc(C(=O)OC)ccc21. The molecule has 0 unspecified atom stereocenters. The smallest absolute Gasteiger partial charge is 0.337 e. The van der Waals surface area contributed by atoms with Crippen molar-refractivity contribution in [2.24, 2.45) is 4.99 Å². The summed E-state index contributed by atoms with van der Waals surface area (Å²) in [7, 11) is 1.29. The van der Waals surface area contributed by atoms with Gasteiger partial charge in [-0.1, -0.05) is 17.3 Å². The Morgan fingerprint density at radius 3 is 2.54 bits per heavy atom. The molecule has 3 aromatic rings. The number of ether oxygens (including phenoxy) is 1. The van der Waals surface area contributed by atoms with Crippen LogP contribution in [0.15, 0.2) is 47.5 Å². The molecule has 0 aliphatic carbocycles. The molecule has 0 aliphatic rings. The summed E-state index contributed by atoms with van der Waals surface area (Å²) in [5.74, 6) is 1.49. The number of thiazole rings is 1. The summed E-state index contributed by atoms with van der Waals surface area (Å²) in [6.45, 7) is 0.184. The molecule has 1 amide bonds. The van der Waals surface area contributed by atoms with Crippen LogP contribution in [0, 0.1) is 22.5 Å². The molecule has 0 aliphatic heterocycles. The zero-order valence-corrected chi connectivity index (χ0v) is 15.4. The lowest BCUT2D eigenvalue weighted by molar-refractivity contribution is -0.384. The Balaban J connectivity index is 2.08. The number of rotatable bonds is 4. The van der Waals surface area contributed by atoms with Crippen LogP contribution >= 0.6 is 11.3 Å². The lowest BCUT2D eigenvalue weighted by Crippen LogP contribution is -2.16. The van der Waals surface area contributed by atoms with Crippen molar-refractivity contribution in [2.75, 3.05) is 7.11 Å². The average Bonchev–Trinajstić information content (AvgIpc) is 3.04. The van der Waals surface area contributed by atoms with Gasteiger partial charge in [0, 0.05) is 17.7 Å². The quantitative estimate of drug-likeness (QED) is 0.292. The van der Waals surface area contributed by atoms with E-state index in [2.05, 4.69) is 10.9 Å². The maximum Gasteiger partial charge on any atom is 0.337 e. The molecule has 0 bridgehead atoms. The van der Waals surface area contributed by atoms with Gasteiger partial charge in [-0.25, -0.2) is 4.79 Å². The number of carbonyl (C=O) groups is 2. The Morgan fingerprint density at radius 1 is 1.25 bits per heavy atom. The van der Waals surface area contributed by atoms with Crippen molar-refractivity contribution in [3.05, 3.63) is 68.5 Å². The van der Waals surface area contributed by atoms with E-state index in [4.69, 9.17) is 11.2 Å². The summed E-state index contributed by atoms with van der Waals surface area (Å²) in [5.41, 5.74) is 1.20. The Hall–Kier alpha value is -3.77. The predicted octanol–water partition coefficient (Wildman–Crippen LogP) is 2.77. The van der Waals surface area contributed by atoms with E-state index >= 15 is 0 Å². The van der Waals surface area contributed by atoms with E-state index in [1.54, 1.807) is 22.8 Å². The van der Waals surface area contributed by atoms with Crippen LogP contribution in [0.25, 0.3) is 10.2 Å². The van der Waals surface area contributed by atoms with Gasteiger partial charge in [0.2, 0.25) is 0 Å². The number of hydrogen-bond donors (Lipinski definition) is 0. The number of esters is 1. The number of amides is 1. The van der Waals surface area contributed by atoms with Crippen molar-refractivity contribution in [1.29, 1.82) is 0 Å². The van der Waals surface area contributed by atoms with E-state index in [9.17, 15) is 19.7 Å².